The number of nitrogens with one attached hydrogen (secondary N) is 2. The second-order valence-electron chi connectivity index (χ2n) is 4.24. The minimum Gasteiger partial charge on any atom is -0.386 e. The van der Waals surface area contributed by atoms with E-state index in [4.69, 9.17) is 5.26 Å². The van der Waals surface area contributed by atoms with E-state index in [-0.39, 0.29) is 11.6 Å². The van der Waals surface area contributed by atoms with Gasteiger partial charge in [-0.25, -0.2) is 18.1 Å². The fourth-order valence-electron chi connectivity index (χ4n) is 1.74. The van der Waals surface area contributed by atoms with Crippen molar-refractivity contribution in [3.8, 4) is 6.07 Å². The molecular formula is C14H14N4O2S. The number of hydrogen-bond acceptors (Lipinski definition) is 5. The molecule has 0 bridgehead atoms. The van der Waals surface area contributed by atoms with E-state index in [1.807, 2.05) is 6.07 Å². The lowest BCUT2D eigenvalue weighted by Crippen LogP contribution is -2.25. The van der Waals surface area contributed by atoms with Crippen LogP contribution in [0.5, 0.6) is 0 Å². The number of sulfonamides is 1. The molecule has 7 heteroatoms. The van der Waals surface area contributed by atoms with Crippen molar-refractivity contribution < 1.29 is 8.42 Å². The highest BCUT2D eigenvalue weighted by Gasteiger charge is 2.19. The van der Waals surface area contributed by atoms with Gasteiger partial charge in [-0.3, -0.25) is 0 Å². The van der Waals surface area contributed by atoms with Crippen LogP contribution >= 0.6 is 0 Å². The maximum Gasteiger partial charge on any atom is 0.260 e. The van der Waals surface area contributed by atoms with E-state index in [0.717, 1.165) is 5.56 Å². The van der Waals surface area contributed by atoms with Crippen molar-refractivity contribution in [2.75, 3.05) is 12.4 Å². The van der Waals surface area contributed by atoms with E-state index in [9.17, 15) is 8.42 Å². The average molecular weight is 302 g/mol. The third-order valence-electron chi connectivity index (χ3n) is 2.84. The van der Waals surface area contributed by atoms with Crippen molar-refractivity contribution in [1.82, 2.24) is 9.71 Å². The molecule has 2 N–H and O–H groups in total. The molecule has 0 saturated heterocycles. The molecule has 1 aromatic carbocycles. The number of hydrogen-bond donors (Lipinski definition) is 2. The Kier molecular flexibility index (Phi) is 4.52. The van der Waals surface area contributed by atoms with Gasteiger partial charge in [-0.05, 0) is 29.8 Å². The molecule has 1 heterocycles. The second kappa shape index (κ2) is 6.35. The van der Waals surface area contributed by atoms with Gasteiger partial charge in [0.25, 0.3) is 10.0 Å². The van der Waals surface area contributed by atoms with Crippen molar-refractivity contribution in [2.45, 2.75) is 11.6 Å². The molecule has 21 heavy (non-hydrogen) atoms. The standard InChI is InChI=1S/C14H14N4O2S/c1-16-13-3-2-8-17-14(13)21(19,20)18-10-12-6-4-11(9-15)5-7-12/h2-8,16,18H,10H2,1H3. The van der Waals surface area contributed by atoms with Crippen molar-refractivity contribution in [3.05, 3.63) is 53.7 Å². The molecule has 108 valence electrons. The Morgan fingerprint density at radius 2 is 1.95 bits per heavy atom. The van der Waals surface area contributed by atoms with Crippen molar-refractivity contribution in [3.63, 3.8) is 0 Å². The number of benzene rings is 1. The minimum absolute atomic E-state index is 0.0406. The zero-order chi connectivity index (χ0) is 15.3. The van der Waals surface area contributed by atoms with Gasteiger partial charge in [0.15, 0.2) is 5.03 Å². The maximum atomic E-state index is 12.2. The largest absolute Gasteiger partial charge is 0.386 e. The molecule has 0 unspecified atom stereocenters. The van der Waals surface area contributed by atoms with Crippen LogP contribution in [0.1, 0.15) is 11.1 Å². The van der Waals surface area contributed by atoms with Crippen LogP contribution in [-0.4, -0.2) is 20.4 Å². The number of nitriles is 1. The topological polar surface area (TPSA) is 94.9 Å². The maximum absolute atomic E-state index is 12.2. The lowest BCUT2D eigenvalue weighted by molar-refractivity contribution is 0.578. The molecule has 2 aromatic rings. The Labute approximate surface area is 123 Å². The van der Waals surface area contributed by atoms with Crippen LogP contribution < -0.4 is 10.0 Å². The Balaban J connectivity index is 2.16. The molecule has 6 nitrogen and oxygen atoms in total. The summed E-state index contributed by atoms with van der Waals surface area (Å²) in [6.07, 6.45) is 1.43. The van der Waals surface area contributed by atoms with Crippen molar-refractivity contribution in [2.24, 2.45) is 0 Å². The number of anilines is 1. The SMILES string of the molecule is CNc1cccnc1S(=O)(=O)NCc1ccc(C#N)cc1. The first kappa shape index (κ1) is 15.0. The predicted octanol–water partition coefficient (Wildman–Crippen LogP) is 1.47. The number of aromatic nitrogens is 1. The highest BCUT2D eigenvalue weighted by atomic mass is 32.2. The van der Waals surface area contributed by atoms with Gasteiger partial charge in [-0.1, -0.05) is 12.1 Å². The molecule has 0 spiro atoms. The molecule has 0 aliphatic carbocycles. The van der Waals surface area contributed by atoms with E-state index in [1.54, 1.807) is 43.4 Å². The quantitative estimate of drug-likeness (QED) is 0.872. The van der Waals surface area contributed by atoms with E-state index in [0.29, 0.717) is 11.3 Å². The van der Waals surface area contributed by atoms with Crippen LogP contribution in [0, 0.1) is 11.3 Å². The van der Waals surface area contributed by atoms with Crippen molar-refractivity contribution in [1.29, 1.82) is 5.26 Å². The molecule has 0 saturated carbocycles. The number of pyridine rings is 1. The van der Waals surface area contributed by atoms with E-state index in [2.05, 4.69) is 15.0 Å². The molecule has 2 rings (SSSR count). The normalized spacial score (nSPS) is 10.9. The first-order valence-electron chi connectivity index (χ1n) is 6.18. The molecule has 0 fully saturated rings. The third-order valence-corrected chi connectivity index (χ3v) is 4.20. The molecule has 1 aromatic heterocycles. The van der Waals surface area contributed by atoms with Crippen LogP contribution in [-0.2, 0) is 16.6 Å². The number of nitrogens with zero attached hydrogens (tertiary/aromatic N) is 2. The van der Waals surface area contributed by atoms with Gasteiger partial charge in [0.2, 0.25) is 0 Å². The van der Waals surface area contributed by atoms with E-state index < -0.39 is 10.0 Å². The van der Waals surface area contributed by atoms with E-state index >= 15 is 0 Å². The van der Waals surface area contributed by atoms with Crippen LogP contribution in [0.25, 0.3) is 0 Å². The zero-order valence-corrected chi connectivity index (χ0v) is 12.2. The van der Waals surface area contributed by atoms with Gasteiger partial charge in [-0.15, -0.1) is 0 Å². The first-order valence-corrected chi connectivity index (χ1v) is 7.66. The summed E-state index contributed by atoms with van der Waals surface area (Å²) in [5.74, 6) is 0. The Bertz CT molecular complexity index is 764. The lowest BCUT2D eigenvalue weighted by atomic mass is 10.1. The fourth-order valence-corrected chi connectivity index (χ4v) is 2.89. The zero-order valence-electron chi connectivity index (χ0n) is 11.4. The van der Waals surface area contributed by atoms with Gasteiger partial charge in [0.05, 0.1) is 17.3 Å². The molecular weight excluding hydrogens is 288 g/mol. The van der Waals surface area contributed by atoms with Gasteiger partial charge < -0.3 is 5.32 Å². The summed E-state index contributed by atoms with van der Waals surface area (Å²) in [6, 6.07) is 12.0. The molecule has 0 atom stereocenters. The highest BCUT2D eigenvalue weighted by molar-refractivity contribution is 7.89. The third kappa shape index (κ3) is 3.56. The van der Waals surface area contributed by atoms with Crippen LogP contribution in [0.15, 0.2) is 47.6 Å². The van der Waals surface area contributed by atoms with Gasteiger partial charge in [0, 0.05) is 19.8 Å². The average Bonchev–Trinajstić information content (AvgIpc) is 2.53. The smallest absolute Gasteiger partial charge is 0.260 e. The van der Waals surface area contributed by atoms with Crippen LogP contribution in [0.4, 0.5) is 5.69 Å². The first-order chi connectivity index (χ1) is 10.1. The summed E-state index contributed by atoms with van der Waals surface area (Å²) < 4.78 is 27.0. The molecule has 0 aliphatic heterocycles. The number of rotatable bonds is 5. The van der Waals surface area contributed by atoms with Gasteiger partial charge in [-0.2, -0.15) is 5.26 Å². The summed E-state index contributed by atoms with van der Waals surface area (Å²) in [5, 5.41) is 11.5. The Hall–Kier alpha value is -2.43. The van der Waals surface area contributed by atoms with Crippen LogP contribution in [0.2, 0.25) is 0 Å². The molecule has 0 aliphatic rings. The molecule has 0 amide bonds. The molecule has 0 radical (unpaired) electrons. The monoisotopic (exact) mass is 302 g/mol. The summed E-state index contributed by atoms with van der Waals surface area (Å²) in [5.41, 5.74) is 1.73. The van der Waals surface area contributed by atoms with E-state index in [1.165, 1.54) is 6.20 Å². The Morgan fingerprint density at radius 3 is 2.57 bits per heavy atom. The lowest BCUT2D eigenvalue weighted by Gasteiger charge is -2.10. The van der Waals surface area contributed by atoms with Crippen LogP contribution in [0.3, 0.4) is 0 Å². The highest BCUT2D eigenvalue weighted by Crippen LogP contribution is 2.17. The second-order valence-corrected chi connectivity index (χ2v) is 5.92. The van der Waals surface area contributed by atoms with Gasteiger partial charge >= 0.3 is 0 Å². The Morgan fingerprint density at radius 1 is 1.24 bits per heavy atom. The fraction of sp³-hybridized carbons (Fsp3) is 0.143. The summed E-state index contributed by atoms with van der Waals surface area (Å²) in [4.78, 5) is 3.90. The summed E-state index contributed by atoms with van der Waals surface area (Å²) in [6.45, 7) is 0.133. The van der Waals surface area contributed by atoms with Gasteiger partial charge in [0.1, 0.15) is 0 Å². The summed E-state index contributed by atoms with van der Waals surface area (Å²) >= 11 is 0. The minimum atomic E-state index is -3.71. The van der Waals surface area contributed by atoms with Crippen molar-refractivity contribution >= 4 is 15.7 Å². The predicted molar refractivity (Wildman–Crippen MR) is 79.0 cm³/mol. The summed E-state index contributed by atoms with van der Waals surface area (Å²) in [7, 11) is -2.07.